The lowest BCUT2D eigenvalue weighted by Crippen LogP contribution is -2.71. The number of carbonyl (C=O) groups is 3. The molecule has 1 saturated heterocycles. The van der Waals surface area contributed by atoms with Gasteiger partial charge in [-0.15, -0.1) is 34.9 Å². The molecule has 0 saturated carbocycles. The number of carbonyl (C=O) groups excluding carboxylic acids is 2. The van der Waals surface area contributed by atoms with Crippen LogP contribution in [0.1, 0.15) is 5.69 Å². The smallest absolute Gasteiger partial charge is 0.353 e. The molecule has 1 fully saturated rings. The third-order valence-electron chi connectivity index (χ3n) is 3.85. The molecule has 10 nitrogen and oxygen atoms in total. The molecular weight excluding hydrogens is 446 g/mol. The van der Waals surface area contributed by atoms with E-state index in [1.54, 1.807) is 11.8 Å². The largest absolute Gasteiger partial charge is 0.477 e. The van der Waals surface area contributed by atoms with Crippen molar-refractivity contribution in [1.82, 2.24) is 15.2 Å². The van der Waals surface area contributed by atoms with Crippen LogP contribution < -0.4 is 11.1 Å². The molecule has 28 heavy (non-hydrogen) atoms. The zero-order valence-corrected chi connectivity index (χ0v) is 17.6. The molecule has 2 aliphatic rings. The van der Waals surface area contributed by atoms with Crippen LogP contribution in [-0.4, -0.2) is 72.2 Å². The van der Waals surface area contributed by atoms with Crippen molar-refractivity contribution in [3.05, 3.63) is 21.7 Å². The van der Waals surface area contributed by atoms with Crippen molar-refractivity contribution in [2.75, 3.05) is 22.8 Å². The summed E-state index contributed by atoms with van der Waals surface area (Å²) in [6.45, 7) is 0. The molecule has 5 N–H and O–H groups in total. The van der Waals surface area contributed by atoms with Crippen LogP contribution in [0, 0.1) is 0 Å². The van der Waals surface area contributed by atoms with E-state index < -0.39 is 29.2 Å². The molecule has 0 spiro atoms. The van der Waals surface area contributed by atoms with Gasteiger partial charge in [0.15, 0.2) is 10.8 Å². The number of nitrogens with one attached hydrogen (secondary N) is 1. The normalized spacial score (nSPS) is 22.0. The average molecular weight is 462 g/mol. The minimum absolute atomic E-state index is 0.0402. The third-order valence-corrected chi connectivity index (χ3v) is 8.09. The van der Waals surface area contributed by atoms with Crippen LogP contribution in [0.25, 0.3) is 0 Å². The molecule has 2 amide bonds. The van der Waals surface area contributed by atoms with Crippen LogP contribution in [0.2, 0.25) is 0 Å². The van der Waals surface area contributed by atoms with Gasteiger partial charge in [-0.3, -0.25) is 14.5 Å². The Balaban J connectivity index is 1.75. The maximum atomic E-state index is 12.6. The fourth-order valence-corrected chi connectivity index (χ4v) is 6.29. The number of amides is 2. The number of aromatic nitrogens is 1. The number of hydrogen-bond acceptors (Lipinski definition) is 11. The SMILES string of the molecule is CSCSC1=C(C(=O)O)N2C(=O)[C@@H](NC(=O)/C(=N/O)c3csc(N)n3)[C@H]2SC1. The lowest BCUT2D eigenvalue weighted by Gasteiger charge is -2.49. The fraction of sp³-hybridized carbons (Fsp3) is 0.357. The number of anilines is 1. The van der Waals surface area contributed by atoms with E-state index in [1.807, 2.05) is 6.26 Å². The lowest BCUT2D eigenvalue weighted by atomic mass is 10.0. The van der Waals surface area contributed by atoms with Gasteiger partial charge in [-0.05, 0) is 6.26 Å². The number of thiazole rings is 1. The Kier molecular flexibility index (Phi) is 6.42. The van der Waals surface area contributed by atoms with Crippen LogP contribution in [0.15, 0.2) is 21.1 Å². The van der Waals surface area contributed by atoms with Crippen molar-refractivity contribution in [1.29, 1.82) is 0 Å². The van der Waals surface area contributed by atoms with E-state index in [0.717, 1.165) is 11.3 Å². The van der Waals surface area contributed by atoms with Gasteiger partial charge in [0.25, 0.3) is 11.8 Å². The lowest BCUT2D eigenvalue weighted by molar-refractivity contribution is -0.150. The molecule has 2 atom stereocenters. The molecule has 3 heterocycles. The summed E-state index contributed by atoms with van der Waals surface area (Å²) in [4.78, 5) is 42.4. The molecule has 0 aromatic carbocycles. The van der Waals surface area contributed by atoms with E-state index in [9.17, 15) is 19.5 Å². The van der Waals surface area contributed by atoms with Gasteiger partial charge < -0.3 is 21.4 Å². The van der Waals surface area contributed by atoms with Crippen LogP contribution >= 0.6 is 46.6 Å². The highest BCUT2D eigenvalue weighted by Crippen LogP contribution is 2.43. The second-order valence-electron chi connectivity index (χ2n) is 5.51. The highest BCUT2D eigenvalue weighted by Gasteiger charge is 2.54. The molecule has 14 heteroatoms. The van der Waals surface area contributed by atoms with Gasteiger partial charge in [-0.1, -0.05) is 5.16 Å². The summed E-state index contributed by atoms with van der Waals surface area (Å²) < 4.78 is 0. The van der Waals surface area contributed by atoms with E-state index in [-0.39, 0.29) is 22.2 Å². The highest BCUT2D eigenvalue weighted by atomic mass is 32.2. The zero-order valence-electron chi connectivity index (χ0n) is 14.3. The number of rotatable bonds is 7. The molecule has 3 rings (SSSR count). The number of thioether (sulfide) groups is 3. The third kappa shape index (κ3) is 3.81. The van der Waals surface area contributed by atoms with Crippen molar-refractivity contribution in [3.8, 4) is 0 Å². The summed E-state index contributed by atoms with van der Waals surface area (Å²) in [5, 5.41) is 25.9. The Labute approximate surface area is 176 Å². The first kappa shape index (κ1) is 20.8. The first-order valence-corrected chi connectivity index (χ1v) is 12.0. The Morgan fingerprint density at radius 2 is 2.29 bits per heavy atom. The maximum absolute atomic E-state index is 12.6. The van der Waals surface area contributed by atoms with E-state index in [2.05, 4.69) is 15.5 Å². The van der Waals surface area contributed by atoms with Crippen molar-refractivity contribution in [3.63, 3.8) is 0 Å². The quantitative estimate of drug-likeness (QED) is 0.149. The number of nitrogens with two attached hydrogens (primary N) is 1. The Morgan fingerprint density at radius 3 is 2.86 bits per heavy atom. The predicted molar refractivity (Wildman–Crippen MR) is 111 cm³/mol. The highest BCUT2D eigenvalue weighted by molar-refractivity contribution is 8.18. The van der Waals surface area contributed by atoms with Gasteiger partial charge in [0.05, 0.1) is 0 Å². The number of hydrogen-bond donors (Lipinski definition) is 4. The first-order chi connectivity index (χ1) is 13.4. The van der Waals surface area contributed by atoms with Crippen molar-refractivity contribution in [2.45, 2.75) is 11.4 Å². The maximum Gasteiger partial charge on any atom is 0.353 e. The van der Waals surface area contributed by atoms with Crippen LogP contribution in [0.4, 0.5) is 5.13 Å². The number of oxime groups is 1. The Bertz CT molecular complexity index is 885. The number of aliphatic carboxylic acids is 1. The molecule has 2 aliphatic heterocycles. The molecule has 0 unspecified atom stereocenters. The minimum atomic E-state index is -1.18. The van der Waals surface area contributed by atoms with Gasteiger partial charge >= 0.3 is 5.97 Å². The Morgan fingerprint density at radius 1 is 1.54 bits per heavy atom. The molecule has 150 valence electrons. The number of nitrogen functional groups attached to an aromatic ring is 1. The van der Waals surface area contributed by atoms with Gasteiger partial charge in [0.2, 0.25) is 0 Å². The number of nitrogens with zero attached hydrogens (tertiary/aromatic N) is 3. The van der Waals surface area contributed by atoms with Crippen LogP contribution in [0.5, 0.6) is 0 Å². The van der Waals surface area contributed by atoms with E-state index >= 15 is 0 Å². The molecule has 0 aliphatic carbocycles. The standard InChI is InChI=1S/C14H15N5O5S4/c1-25-4-28-6-3-26-12-8(11(21)19(12)9(6)13(22)23)17-10(20)7(18-24)5-2-27-14(15)16-5/h2,8,12,24H,3-4H2,1H3,(H2,15,16)(H,17,20)(H,22,23)/b18-7+/t8-,12-/m1/s1. The number of carboxylic acids is 1. The molecule has 1 aromatic heterocycles. The summed E-state index contributed by atoms with van der Waals surface area (Å²) in [6, 6.07) is -0.924. The second-order valence-corrected chi connectivity index (χ2v) is 9.80. The van der Waals surface area contributed by atoms with Crippen molar-refractivity contribution in [2.24, 2.45) is 5.16 Å². The van der Waals surface area contributed by atoms with E-state index in [1.165, 1.54) is 33.8 Å². The predicted octanol–water partition coefficient (Wildman–Crippen LogP) is 0.653. The summed E-state index contributed by atoms with van der Waals surface area (Å²) in [5.41, 5.74) is 5.20. The summed E-state index contributed by atoms with van der Waals surface area (Å²) in [7, 11) is 0. The molecular formula is C14H15N5O5S4. The molecule has 0 radical (unpaired) electrons. The molecule has 0 bridgehead atoms. The Hall–Kier alpha value is -1.90. The van der Waals surface area contributed by atoms with E-state index in [0.29, 0.717) is 15.7 Å². The number of carboxylic acid groups (broad SMARTS) is 1. The second kappa shape index (κ2) is 8.63. The summed E-state index contributed by atoms with van der Waals surface area (Å²) in [5.74, 6) is -2.07. The fourth-order valence-electron chi connectivity index (χ4n) is 2.65. The topological polar surface area (TPSA) is 158 Å². The number of β-lactam (4-membered cyclic amide) rings is 1. The van der Waals surface area contributed by atoms with Gasteiger partial charge in [-0.25, -0.2) is 9.78 Å². The van der Waals surface area contributed by atoms with E-state index in [4.69, 9.17) is 10.9 Å². The van der Waals surface area contributed by atoms with Gasteiger partial charge in [-0.2, -0.15) is 11.8 Å². The zero-order chi connectivity index (χ0) is 20.4. The minimum Gasteiger partial charge on any atom is -0.477 e. The van der Waals surface area contributed by atoms with Gasteiger partial charge in [0.1, 0.15) is 22.8 Å². The van der Waals surface area contributed by atoms with Crippen molar-refractivity contribution < 1.29 is 24.7 Å². The van der Waals surface area contributed by atoms with Crippen molar-refractivity contribution >= 4 is 75.2 Å². The van der Waals surface area contributed by atoms with Crippen LogP contribution in [-0.2, 0) is 14.4 Å². The first-order valence-electron chi connectivity index (χ1n) is 7.66. The average Bonchev–Trinajstić information content (AvgIpc) is 3.09. The van der Waals surface area contributed by atoms with Crippen LogP contribution in [0.3, 0.4) is 0 Å². The monoisotopic (exact) mass is 461 g/mol. The summed E-state index contributed by atoms with van der Waals surface area (Å²) in [6.07, 6.45) is 1.91. The summed E-state index contributed by atoms with van der Waals surface area (Å²) >= 11 is 5.39. The molecule has 1 aromatic rings. The number of fused-ring (bicyclic) bond motifs is 1. The van der Waals surface area contributed by atoms with Gasteiger partial charge in [0, 0.05) is 21.1 Å².